The van der Waals surface area contributed by atoms with Crippen molar-refractivity contribution in [2.45, 2.75) is 0 Å². The summed E-state index contributed by atoms with van der Waals surface area (Å²) >= 11 is 8.45. The molecule has 0 spiro atoms. The first-order chi connectivity index (χ1) is 10.1. The fourth-order valence-corrected chi connectivity index (χ4v) is 2.61. The summed E-state index contributed by atoms with van der Waals surface area (Å²) in [6, 6.07) is 13.7. The Morgan fingerprint density at radius 3 is 2.76 bits per heavy atom. The molecule has 1 heterocycles. The molecule has 0 fully saturated rings. The second-order valence-corrected chi connectivity index (χ2v) is 5.52. The number of hydrogen-bond donors (Lipinski definition) is 1. The normalized spacial score (nSPS) is 10.5. The SMILES string of the molecule is NC(=S)c1ccnc(Oc2ccc3ccccc3c2Br)n1. The van der Waals surface area contributed by atoms with E-state index in [0.29, 0.717) is 11.4 Å². The minimum atomic E-state index is 0.205. The van der Waals surface area contributed by atoms with Crippen LogP contribution in [0.4, 0.5) is 0 Å². The number of nitrogens with two attached hydrogens (primary N) is 1. The Morgan fingerprint density at radius 1 is 1.14 bits per heavy atom. The van der Waals surface area contributed by atoms with Gasteiger partial charge in [-0.25, -0.2) is 4.98 Å². The van der Waals surface area contributed by atoms with Crippen LogP contribution in [0, 0.1) is 0 Å². The number of nitrogens with zero attached hydrogens (tertiary/aromatic N) is 2. The summed E-state index contributed by atoms with van der Waals surface area (Å²) in [4.78, 5) is 8.45. The fourth-order valence-electron chi connectivity index (χ4n) is 1.92. The van der Waals surface area contributed by atoms with Crippen molar-refractivity contribution in [3.05, 3.63) is 58.8 Å². The quantitative estimate of drug-likeness (QED) is 0.720. The molecule has 4 nitrogen and oxygen atoms in total. The highest BCUT2D eigenvalue weighted by Crippen LogP contribution is 2.34. The number of hydrogen-bond acceptors (Lipinski definition) is 4. The minimum absolute atomic E-state index is 0.205. The molecule has 21 heavy (non-hydrogen) atoms. The molecule has 1 aromatic heterocycles. The third-order valence-corrected chi connectivity index (χ3v) is 3.94. The zero-order chi connectivity index (χ0) is 14.8. The lowest BCUT2D eigenvalue weighted by Gasteiger charge is -2.09. The van der Waals surface area contributed by atoms with Gasteiger partial charge >= 0.3 is 6.01 Å². The van der Waals surface area contributed by atoms with Crippen LogP contribution in [0.5, 0.6) is 11.8 Å². The Kier molecular flexibility index (Phi) is 3.81. The molecule has 0 radical (unpaired) electrons. The lowest BCUT2D eigenvalue weighted by Crippen LogP contribution is -2.12. The monoisotopic (exact) mass is 359 g/mol. The van der Waals surface area contributed by atoms with Crippen LogP contribution < -0.4 is 10.5 Å². The van der Waals surface area contributed by atoms with E-state index in [-0.39, 0.29) is 11.0 Å². The Bertz CT molecular complexity index is 838. The summed E-state index contributed by atoms with van der Waals surface area (Å²) in [6.45, 7) is 0. The van der Waals surface area contributed by atoms with E-state index in [0.717, 1.165) is 15.2 Å². The first-order valence-corrected chi connectivity index (χ1v) is 7.33. The van der Waals surface area contributed by atoms with Crippen LogP contribution in [0.3, 0.4) is 0 Å². The van der Waals surface area contributed by atoms with E-state index < -0.39 is 0 Å². The van der Waals surface area contributed by atoms with E-state index in [9.17, 15) is 0 Å². The van der Waals surface area contributed by atoms with Crippen molar-refractivity contribution in [2.75, 3.05) is 0 Å². The fraction of sp³-hybridized carbons (Fsp3) is 0. The molecule has 0 atom stereocenters. The Hall–Kier alpha value is -2.05. The number of halogens is 1. The van der Waals surface area contributed by atoms with Crippen molar-refractivity contribution < 1.29 is 4.74 Å². The van der Waals surface area contributed by atoms with Gasteiger partial charge in [0.25, 0.3) is 0 Å². The Morgan fingerprint density at radius 2 is 1.95 bits per heavy atom. The van der Waals surface area contributed by atoms with Crippen molar-refractivity contribution in [2.24, 2.45) is 5.73 Å². The highest BCUT2D eigenvalue weighted by Gasteiger charge is 2.09. The molecule has 0 aliphatic rings. The molecule has 2 N–H and O–H groups in total. The zero-order valence-electron chi connectivity index (χ0n) is 10.8. The average Bonchev–Trinajstić information content (AvgIpc) is 2.51. The summed E-state index contributed by atoms with van der Waals surface area (Å²) in [5, 5.41) is 2.18. The maximum absolute atomic E-state index is 5.72. The van der Waals surface area contributed by atoms with E-state index in [1.807, 2.05) is 36.4 Å². The lowest BCUT2D eigenvalue weighted by molar-refractivity contribution is 0.439. The van der Waals surface area contributed by atoms with E-state index in [1.165, 1.54) is 0 Å². The molecule has 0 bridgehead atoms. The summed E-state index contributed by atoms with van der Waals surface area (Å²) in [5.74, 6) is 0.633. The second-order valence-electron chi connectivity index (χ2n) is 4.29. The number of benzene rings is 2. The van der Waals surface area contributed by atoms with E-state index in [1.54, 1.807) is 12.3 Å². The first-order valence-electron chi connectivity index (χ1n) is 6.13. The topological polar surface area (TPSA) is 61.0 Å². The molecule has 104 valence electrons. The molecule has 0 unspecified atom stereocenters. The van der Waals surface area contributed by atoms with E-state index >= 15 is 0 Å². The van der Waals surface area contributed by atoms with Gasteiger partial charge in [-0.15, -0.1) is 0 Å². The summed E-state index contributed by atoms with van der Waals surface area (Å²) < 4.78 is 6.58. The molecule has 0 amide bonds. The molecular formula is C15H10BrN3OS. The molecule has 0 aliphatic heterocycles. The molecule has 2 aromatic carbocycles. The first kappa shape index (κ1) is 13.9. The predicted octanol–water partition coefficient (Wildman–Crippen LogP) is 3.82. The van der Waals surface area contributed by atoms with Gasteiger partial charge in [0.15, 0.2) is 0 Å². The van der Waals surface area contributed by atoms with E-state index in [4.69, 9.17) is 22.7 Å². The largest absolute Gasteiger partial charge is 0.423 e. The number of rotatable bonds is 3. The van der Waals surface area contributed by atoms with Crippen LogP contribution in [0.25, 0.3) is 10.8 Å². The van der Waals surface area contributed by atoms with Gasteiger partial charge < -0.3 is 10.5 Å². The molecule has 6 heteroatoms. The number of aromatic nitrogens is 2. The van der Waals surface area contributed by atoms with Crippen LogP contribution in [-0.2, 0) is 0 Å². The Labute approximate surface area is 135 Å². The molecule has 0 saturated carbocycles. The molecule has 3 aromatic rings. The van der Waals surface area contributed by atoms with Crippen LogP contribution >= 0.6 is 28.1 Å². The summed E-state index contributed by atoms with van der Waals surface area (Å²) in [5.41, 5.74) is 6.04. The van der Waals surface area contributed by atoms with Gasteiger partial charge in [0, 0.05) is 6.20 Å². The number of ether oxygens (including phenoxy) is 1. The Balaban J connectivity index is 2.00. The van der Waals surface area contributed by atoms with Crippen molar-refractivity contribution in [1.82, 2.24) is 9.97 Å². The van der Waals surface area contributed by atoms with Gasteiger partial charge in [-0.05, 0) is 38.8 Å². The summed E-state index contributed by atoms with van der Waals surface area (Å²) in [6.07, 6.45) is 1.56. The van der Waals surface area contributed by atoms with Crippen LogP contribution in [0.15, 0.2) is 53.1 Å². The maximum atomic E-state index is 5.72. The smallest absolute Gasteiger partial charge is 0.322 e. The van der Waals surface area contributed by atoms with Crippen LogP contribution in [0.1, 0.15) is 5.69 Å². The highest BCUT2D eigenvalue weighted by molar-refractivity contribution is 9.10. The molecule has 0 aliphatic carbocycles. The van der Waals surface area contributed by atoms with Gasteiger partial charge in [-0.3, -0.25) is 0 Å². The molecular weight excluding hydrogens is 350 g/mol. The minimum Gasteiger partial charge on any atom is -0.423 e. The standard InChI is InChI=1S/C15H10BrN3OS/c16-13-10-4-2-1-3-9(10)5-6-12(13)20-15-18-8-7-11(19-15)14(17)21/h1-8H,(H2,17,21). The number of fused-ring (bicyclic) bond motifs is 1. The zero-order valence-corrected chi connectivity index (χ0v) is 13.2. The van der Waals surface area contributed by atoms with Crippen molar-refractivity contribution in [1.29, 1.82) is 0 Å². The van der Waals surface area contributed by atoms with Crippen LogP contribution in [0.2, 0.25) is 0 Å². The third-order valence-electron chi connectivity index (χ3n) is 2.92. The van der Waals surface area contributed by atoms with Crippen LogP contribution in [-0.4, -0.2) is 15.0 Å². The predicted molar refractivity (Wildman–Crippen MR) is 89.6 cm³/mol. The maximum Gasteiger partial charge on any atom is 0.322 e. The van der Waals surface area contributed by atoms with Gasteiger partial charge in [-0.2, -0.15) is 4.98 Å². The molecule has 3 rings (SSSR count). The lowest BCUT2D eigenvalue weighted by atomic mass is 10.1. The highest BCUT2D eigenvalue weighted by atomic mass is 79.9. The van der Waals surface area contributed by atoms with Crippen molar-refractivity contribution >= 4 is 43.9 Å². The average molecular weight is 360 g/mol. The van der Waals surface area contributed by atoms with Gasteiger partial charge in [0.2, 0.25) is 0 Å². The van der Waals surface area contributed by atoms with Crippen molar-refractivity contribution in [3.8, 4) is 11.8 Å². The van der Waals surface area contributed by atoms with Gasteiger partial charge in [0.1, 0.15) is 16.4 Å². The van der Waals surface area contributed by atoms with Crippen molar-refractivity contribution in [3.63, 3.8) is 0 Å². The molecule has 0 saturated heterocycles. The second kappa shape index (κ2) is 5.75. The summed E-state index contributed by atoms with van der Waals surface area (Å²) in [7, 11) is 0. The number of thiocarbonyl (C=S) groups is 1. The third kappa shape index (κ3) is 2.86. The van der Waals surface area contributed by atoms with Gasteiger partial charge in [-0.1, -0.05) is 42.5 Å². The van der Waals surface area contributed by atoms with E-state index in [2.05, 4.69) is 25.9 Å². The van der Waals surface area contributed by atoms with Gasteiger partial charge in [0.05, 0.1) is 4.47 Å².